The zero-order chi connectivity index (χ0) is 17.5. The fourth-order valence-electron chi connectivity index (χ4n) is 2.83. The van der Waals surface area contributed by atoms with Crippen molar-refractivity contribution in [1.82, 2.24) is 15.1 Å². The van der Waals surface area contributed by atoms with Gasteiger partial charge in [-0.1, -0.05) is 30.3 Å². The number of benzene rings is 1. The van der Waals surface area contributed by atoms with E-state index in [-0.39, 0.29) is 24.1 Å². The first-order valence-electron chi connectivity index (χ1n) is 8.54. The number of amides is 2. The molecule has 1 aliphatic rings. The molecule has 1 saturated heterocycles. The summed E-state index contributed by atoms with van der Waals surface area (Å²) < 4.78 is 5.02. The van der Waals surface area contributed by atoms with Crippen LogP contribution in [0.3, 0.4) is 0 Å². The van der Waals surface area contributed by atoms with Crippen LogP contribution in [0.15, 0.2) is 30.3 Å². The third-order valence-corrected chi connectivity index (χ3v) is 4.43. The Morgan fingerprint density at radius 1 is 1.12 bits per heavy atom. The van der Waals surface area contributed by atoms with Gasteiger partial charge in [0.1, 0.15) is 0 Å². The Morgan fingerprint density at radius 3 is 2.33 bits per heavy atom. The third-order valence-electron chi connectivity index (χ3n) is 4.43. The zero-order valence-corrected chi connectivity index (χ0v) is 14.7. The summed E-state index contributed by atoms with van der Waals surface area (Å²) in [6.07, 6.45) is -0.271. The molecule has 0 bridgehead atoms. The van der Waals surface area contributed by atoms with Crippen LogP contribution in [0.5, 0.6) is 0 Å². The number of nitrogens with zero attached hydrogens (tertiary/aromatic N) is 2. The van der Waals surface area contributed by atoms with Gasteiger partial charge in [-0.3, -0.25) is 9.69 Å². The molecule has 2 amide bonds. The fourth-order valence-corrected chi connectivity index (χ4v) is 2.83. The van der Waals surface area contributed by atoms with Gasteiger partial charge in [-0.05, 0) is 26.3 Å². The van der Waals surface area contributed by atoms with Crippen molar-refractivity contribution >= 4 is 12.0 Å². The molecule has 1 N–H and O–H groups in total. The maximum atomic E-state index is 12.5. The standard InChI is InChI=1S/C18H27N3O3/c1-4-24-18(23)21-12-10-20(11-13-21)15(3)17(22)19-14(2)16-8-6-5-7-9-16/h5-9,14-15H,4,10-13H2,1-3H3,(H,19,22). The summed E-state index contributed by atoms with van der Waals surface area (Å²) in [5, 5.41) is 3.06. The number of piperazine rings is 1. The van der Waals surface area contributed by atoms with E-state index in [1.54, 1.807) is 11.8 Å². The molecule has 1 aromatic rings. The van der Waals surface area contributed by atoms with Gasteiger partial charge >= 0.3 is 6.09 Å². The predicted octanol–water partition coefficient (Wildman–Crippen LogP) is 2.03. The molecule has 0 saturated carbocycles. The lowest BCUT2D eigenvalue weighted by Crippen LogP contribution is -2.55. The Hall–Kier alpha value is -2.08. The molecule has 2 atom stereocenters. The highest BCUT2D eigenvalue weighted by Gasteiger charge is 2.28. The van der Waals surface area contributed by atoms with Crippen LogP contribution in [0.2, 0.25) is 0 Å². The van der Waals surface area contributed by atoms with E-state index in [0.717, 1.165) is 5.56 Å². The Morgan fingerprint density at radius 2 is 1.75 bits per heavy atom. The number of hydrogen-bond acceptors (Lipinski definition) is 4. The van der Waals surface area contributed by atoms with Crippen molar-refractivity contribution in [3.05, 3.63) is 35.9 Å². The maximum absolute atomic E-state index is 12.5. The van der Waals surface area contributed by atoms with Crippen LogP contribution in [-0.4, -0.2) is 60.6 Å². The van der Waals surface area contributed by atoms with Crippen molar-refractivity contribution in [1.29, 1.82) is 0 Å². The van der Waals surface area contributed by atoms with E-state index in [0.29, 0.717) is 32.8 Å². The molecule has 1 aliphatic heterocycles. The second-order valence-electron chi connectivity index (χ2n) is 6.04. The minimum atomic E-state index is -0.271. The first kappa shape index (κ1) is 18.3. The molecule has 1 heterocycles. The van der Waals surface area contributed by atoms with Crippen LogP contribution in [0.1, 0.15) is 32.4 Å². The van der Waals surface area contributed by atoms with Gasteiger partial charge < -0.3 is 15.0 Å². The molecular weight excluding hydrogens is 306 g/mol. The normalized spacial score (nSPS) is 17.9. The first-order chi connectivity index (χ1) is 11.5. The van der Waals surface area contributed by atoms with Gasteiger partial charge in [-0.2, -0.15) is 0 Å². The lowest BCUT2D eigenvalue weighted by atomic mass is 10.1. The summed E-state index contributed by atoms with van der Waals surface area (Å²) in [6, 6.07) is 9.67. The van der Waals surface area contributed by atoms with Crippen LogP contribution in [-0.2, 0) is 9.53 Å². The molecule has 24 heavy (non-hydrogen) atoms. The Labute approximate surface area is 143 Å². The number of carbonyl (C=O) groups is 2. The number of ether oxygens (including phenoxy) is 1. The van der Waals surface area contributed by atoms with Crippen LogP contribution in [0.25, 0.3) is 0 Å². The molecule has 1 aromatic carbocycles. The van der Waals surface area contributed by atoms with Gasteiger partial charge in [0.2, 0.25) is 5.91 Å². The van der Waals surface area contributed by atoms with Gasteiger partial charge in [-0.25, -0.2) is 4.79 Å². The fraction of sp³-hybridized carbons (Fsp3) is 0.556. The van der Waals surface area contributed by atoms with Gasteiger partial charge in [0.15, 0.2) is 0 Å². The van der Waals surface area contributed by atoms with E-state index in [9.17, 15) is 9.59 Å². The zero-order valence-electron chi connectivity index (χ0n) is 14.7. The predicted molar refractivity (Wildman–Crippen MR) is 92.6 cm³/mol. The third kappa shape index (κ3) is 4.71. The lowest BCUT2D eigenvalue weighted by Gasteiger charge is -2.37. The Kier molecular flexibility index (Phi) is 6.61. The van der Waals surface area contributed by atoms with E-state index in [4.69, 9.17) is 4.74 Å². The van der Waals surface area contributed by atoms with E-state index in [1.165, 1.54) is 0 Å². The van der Waals surface area contributed by atoms with Crippen molar-refractivity contribution < 1.29 is 14.3 Å². The monoisotopic (exact) mass is 333 g/mol. The van der Waals surface area contributed by atoms with Gasteiger partial charge in [-0.15, -0.1) is 0 Å². The number of carbonyl (C=O) groups excluding carboxylic acids is 2. The van der Waals surface area contributed by atoms with E-state index in [1.807, 2.05) is 44.2 Å². The molecule has 6 nitrogen and oxygen atoms in total. The topological polar surface area (TPSA) is 61.9 Å². The highest BCUT2D eigenvalue weighted by Crippen LogP contribution is 2.13. The molecule has 6 heteroatoms. The van der Waals surface area contributed by atoms with Crippen molar-refractivity contribution in [3.63, 3.8) is 0 Å². The van der Waals surface area contributed by atoms with Crippen LogP contribution in [0, 0.1) is 0 Å². The number of rotatable bonds is 5. The highest BCUT2D eigenvalue weighted by atomic mass is 16.6. The first-order valence-corrected chi connectivity index (χ1v) is 8.54. The van der Waals surface area contributed by atoms with Gasteiger partial charge in [0.25, 0.3) is 0 Å². The minimum absolute atomic E-state index is 0.0101. The molecule has 0 aromatic heterocycles. The summed E-state index contributed by atoms with van der Waals surface area (Å²) in [5.41, 5.74) is 1.09. The highest BCUT2D eigenvalue weighted by molar-refractivity contribution is 5.81. The van der Waals surface area contributed by atoms with Crippen LogP contribution < -0.4 is 5.32 Å². The minimum Gasteiger partial charge on any atom is -0.450 e. The van der Waals surface area contributed by atoms with Crippen molar-refractivity contribution in [2.24, 2.45) is 0 Å². The Bertz CT molecular complexity index is 542. The molecule has 0 spiro atoms. The van der Waals surface area contributed by atoms with Gasteiger partial charge in [0, 0.05) is 26.2 Å². The summed E-state index contributed by atoms with van der Waals surface area (Å²) in [6.45, 7) is 8.60. The number of nitrogens with one attached hydrogen (secondary N) is 1. The second-order valence-corrected chi connectivity index (χ2v) is 6.04. The summed E-state index contributed by atoms with van der Waals surface area (Å²) in [4.78, 5) is 28.0. The largest absolute Gasteiger partial charge is 0.450 e. The average molecular weight is 333 g/mol. The second kappa shape index (κ2) is 8.68. The summed E-state index contributed by atoms with van der Waals surface area (Å²) in [7, 11) is 0. The summed E-state index contributed by atoms with van der Waals surface area (Å²) >= 11 is 0. The summed E-state index contributed by atoms with van der Waals surface area (Å²) in [5.74, 6) is 0.0101. The van der Waals surface area contributed by atoms with E-state index < -0.39 is 0 Å². The Balaban J connectivity index is 1.83. The molecule has 0 radical (unpaired) electrons. The average Bonchev–Trinajstić information content (AvgIpc) is 2.62. The molecule has 0 aliphatic carbocycles. The van der Waals surface area contributed by atoms with Crippen molar-refractivity contribution in [2.75, 3.05) is 32.8 Å². The van der Waals surface area contributed by atoms with Crippen LogP contribution in [0.4, 0.5) is 4.79 Å². The lowest BCUT2D eigenvalue weighted by molar-refractivity contribution is -0.127. The maximum Gasteiger partial charge on any atom is 0.409 e. The number of hydrogen-bond donors (Lipinski definition) is 1. The van der Waals surface area contributed by atoms with Crippen molar-refractivity contribution in [2.45, 2.75) is 32.9 Å². The van der Waals surface area contributed by atoms with Crippen molar-refractivity contribution in [3.8, 4) is 0 Å². The quantitative estimate of drug-likeness (QED) is 0.895. The molecule has 1 fully saturated rings. The molecule has 132 valence electrons. The van der Waals surface area contributed by atoms with E-state index >= 15 is 0 Å². The molecule has 2 unspecified atom stereocenters. The van der Waals surface area contributed by atoms with E-state index in [2.05, 4.69) is 10.2 Å². The van der Waals surface area contributed by atoms with Crippen LogP contribution >= 0.6 is 0 Å². The molecular formula is C18H27N3O3. The SMILES string of the molecule is CCOC(=O)N1CCN(C(C)C(=O)NC(C)c2ccccc2)CC1. The smallest absolute Gasteiger partial charge is 0.409 e. The molecule has 2 rings (SSSR count). The van der Waals surface area contributed by atoms with Gasteiger partial charge in [0.05, 0.1) is 18.7 Å².